The number of rotatable bonds is 1. The Hall–Kier alpha value is -1.23. The molecule has 4 nitrogen and oxygen atoms in total. The number of hydrogen-bond donors (Lipinski definition) is 1. The van der Waals surface area contributed by atoms with E-state index in [2.05, 4.69) is 33.4 Å². The molecule has 1 N–H and O–H groups in total. The number of ether oxygens (including phenoxy) is 1. The predicted octanol–water partition coefficient (Wildman–Crippen LogP) is 3.19. The molecule has 0 bridgehead atoms. The van der Waals surface area contributed by atoms with Crippen molar-refractivity contribution in [2.45, 2.75) is 25.3 Å². The zero-order chi connectivity index (χ0) is 13.4. The largest absolute Gasteiger partial charge is 0.450 e. The number of piperidine rings is 1. The van der Waals surface area contributed by atoms with Crippen LogP contribution in [0.2, 0.25) is 0 Å². The van der Waals surface area contributed by atoms with Crippen molar-refractivity contribution in [2.75, 3.05) is 25.0 Å². The van der Waals surface area contributed by atoms with Crippen LogP contribution in [-0.2, 0) is 4.74 Å². The molecule has 1 amide bonds. The van der Waals surface area contributed by atoms with Crippen LogP contribution in [0.5, 0.6) is 0 Å². The molecule has 2 atom stereocenters. The first kappa shape index (κ1) is 12.8. The van der Waals surface area contributed by atoms with E-state index in [0.29, 0.717) is 18.6 Å². The van der Waals surface area contributed by atoms with Crippen molar-refractivity contribution < 1.29 is 9.53 Å². The normalized spacial score (nSPS) is 24.4. The van der Waals surface area contributed by atoms with Gasteiger partial charge in [-0.1, -0.05) is 12.1 Å². The van der Waals surface area contributed by atoms with E-state index in [9.17, 15) is 4.79 Å². The second-order valence-corrected chi connectivity index (χ2v) is 5.85. The molecule has 0 saturated carbocycles. The molecular formula is C14H17BrN2O2. The van der Waals surface area contributed by atoms with Crippen LogP contribution < -0.4 is 5.32 Å². The van der Waals surface area contributed by atoms with Gasteiger partial charge in [-0.15, -0.1) is 0 Å². The zero-order valence-corrected chi connectivity index (χ0v) is 12.4. The number of amides is 1. The zero-order valence-electron chi connectivity index (χ0n) is 10.9. The van der Waals surface area contributed by atoms with Gasteiger partial charge in [-0.3, -0.25) is 0 Å². The molecule has 0 radical (unpaired) electrons. The molecule has 19 heavy (non-hydrogen) atoms. The third kappa shape index (κ3) is 2.20. The highest BCUT2D eigenvalue weighted by Crippen LogP contribution is 2.43. The van der Waals surface area contributed by atoms with Gasteiger partial charge < -0.3 is 15.0 Å². The fraction of sp³-hybridized carbons (Fsp3) is 0.500. The summed E-state index contributed by atoms with van der Waals surface area (Å²) >= 11 is 3.58. The smallest absolute Gasteiger partial charge is 0.409 e. The van der Waals surface area contributed by atoms with Crippen LogP contribution >= 0.6 is 15.9 Å². The Kier molecular flexibility index (Phi) is 3.39. The minimum Gasteiger partial charge on any atom is -0.450 e. The van der Waals surface area contributed by atoms with Gasteiger partial charge in [0.1, 0.15) is 0 Å². The Balaban J connectivity index is 1.81. The van der Waals surface area contributed by atoms with Crippen LogP contribution in [0.4, 0.5) is 10.5 Å². The number of carbonyl (C=O) groups excluding carboxylic acids is 1. The number of nitrogens with one attached hydrogen (secondary N) is 1. The summed E-state index contributed by atoms with van der Waals surface area (Å²) in [5, 5.41) is 3.57. The van der Waals surface area contributed by atoms with Crippen LogP contribution in [0, 0.1) is 0 Å². The first-order valence-electron chi connectivity index (χ1n) is 6.67. The lowest BCUT2D eigenvalue weighted by Crippen LogP contribution is -2.45. The van der Waals surface area contributed by atoms with E-state index < -0.39 is 0 Å². The van der Waals surface area contributed by atoms with Crippen LogP contribution in [0.3, 0.4) is 0 Å². The molecule has 2 unspecified atom stereocenters. The Morgan fingerprint density at radius 3 is 3.21 bits per heavy atom. The number of carbonyl (C=O) groups is 1. The summed E-state index contributed by atoms with van der Waals surface area (Å²) in [5.74, 6) is 0.366. The Bertz CT molecular complexity index is 506. The number of anilines is 1. The maximum atomic E-state index is 11.8. The molecule has 102 valence electrons. The van der Waals surface area contributed by atoms with Crippen molar-refractivity contribution >= 4 is 27.7 Å². The Morgan fingerprint density at radius 2 is 2.42 bits per heavy atom. The topological polar surface area (TPSA) is 41.6 Å². The summed E-state index contributed by atoms with van der Waals surface area (Å²) in [4.78, 5) is 13.7. The fourth-order valence-corrected chi connectivity index (χ4v) is 3.50. The van der Waals surface area contributed by atoms with Gasteiger partial charge in [-0.05, 0) is 40.9 Å². The maximum absolute atomic E-state index is 11.8. The summed E-state index contributed by atoms with van der Waals surface area (Å²) in [5.41, 5.74) is 2.48. The predicted molar refractivity (Wildman–Crippen MR) is 77.5 cm³/mol. The van der Waals surface area contributed by atoms with E-state index in [4.69, 9.17) is 4.74 Å². The highest BCUT2D eigenvalue weighted by atomic mass is 79.9. The number of fused-ring (bicyclic) bond motifs is 3. The number of para-hydroxylation sites is 1. The van der Waals surface area contributed by atoms with Gasteiger partial charge in [-0.2, -0.15) is 0 Å². The SMILES string of the molecule is CCOC(=O)N1CCC2Nc3c(Br)cccc3C2C1. The minimum atomic E-state index is -0.190. The van der Waals surface area contributed by atoms with Crippen LogP contribution in [0.15, 0.2) is 22.7 Å². The van der Waals surface area contributed by atoms with Crippen molar-refractivity contribution in [3.8, 4) is 0 Å². The van der Waals surface area contributed by atoms with Crippen LogP contribution in [-0.4, -0.2) is 36.7 Å². The van der Waals surface area contributed by atoms with Crippen LogP contribution in [0.25, 0.3) is 0 Å². The molecule has 1 aromatic carbocycles. The third-order valence-corrected chi connectivity index (χ3v) is 4.57. The Labute approximate surface area is 121 Å². The summed E-state index contributed by atoms with van der Waals surface area (Å²) in [6, 6.07) is 6.67. The van der Waals surface area contributed by atoms with Gasteiger partial charge in [0.15, 0.2) is 0 Å². The second-order valence-electron chi connectivity index (χ2n) is 4.99. The summed E-state index contributed by atoms with van der Waals surface area (Å²) in [7, 11) is 0. The summed E-state index contributed by atoms with van der Waals surface area (Å²) in [6.45, 7) is 3.77. The average Bonchev–Trinajstić information content (AvgIpc) is 2.78. The average molecular weight is 325 g/mol. The second kappa shape index (κ2) is 5.04. The van der Waals surface area contributed by atoms with Crippen LogP contribution in [0.1, 0.15) is 24.8 Å². The first-order valence-corrected chi connectivity index (χ1v) is 7.46. The minimum absolute atomic E-state index is 0.190. The van der Waals surface area contributed by atoms with Crippen molar-refractivity contribution in [3.05, 3.63) is 28.2 Å². The molecule has 1 saturated heterocycles. The number of hydrogen-bond acceptors (Lipinski definition) is 3. The number of likely N-dealkylation sites (tertiary alicyclic amines) is 1. The molecule has 1 aromatic rings. The monoisotopic (exact) mass is 324 g/mol. The molecule has 1 fully saturated rings. The number of nitrogens with zero attached hydrogens (tertiary/aromatic N) is 1. The molecular weight excluding hydrogens is 308 g/mol. The third-order valence-electron chi connectivity index (χ3n) is 3.91. The van der Waals surface area contributed by atoms with Gasteiger partial charge >= 0.3 is 6.09 Å². The van der Waals surface area contributed by atoms with Crippen molar-refractivity contribution in [1.82, 2.24) is 4.90 Å². The summed E-state index contributed by atoms with van der Waals surface area (Å²) < 4.78 is 6.20. The highest BCUT2D eigenvalue weighted by molar-refractivity contribution is 9.10. The molecule has 0 aromatic heterocycles. The lowest BCUT2D eigenvalue weighted by Gasteiger charge is -2.34. The fourth-order valence-electron chi connectivity index (χ4n) is 3.01. The molecule has 2 aliphatic heterocycles. The lowest BCUT2D eigenvalue weighted by molar-refractivity contribution is 0.0949. The quantitative estimate of drug-likeness (QED) is 0.862. The summed E-state index contributed by atoms with van der Waals surface area (Å²) in [6.07, 6.45) is 0.773. The van der Waals surface area contributed by atoms with Gasteiger partial charge in [-0.25, -0.2) is 4.79 Å². The molecule has 2 heterocycles. The molecule has 3 rings (SSSR count). The lowest BCUT2D eigenvalue weighted by atomic mass is 9.89. The molecule has 2 aliphatic rings. The van der Waals surface area contributed by atoms with E-state index in [1.165, 1.54) is 11.3 Å². The van der Waals surface area contributed by atoms with E-state index in [0.717, 1.165) is 24.0 Å². The Morgan fingerprint density at radius 1 is 1.58 bits per heavy atom. The van der Waals surface area contributed by atoms with Gasteiger partial charge in [0, 0.05) is 29.5 Å². The van der Waals surface area contributed by atoms with E-state index >= 15 is 0 Å². The van der Waals surface area contributed by atoms with E-state index in [1.807, 2.05) is 17.9 Å². The van der Waals surface area contributed by atoms with E-state index in [-0.39, 0.29) is 6.09 Å². The van der Waals surface area contributed by atoms with Crippen molar-refractivity contribution in [1.29, 1.82) is 0 Å². The standard InChI is InChI=1S/C14H17BrN2O2/c1-2-19-14(18)17-7-6-12-10(8-17)9-4-3-5-11(15)13(9)16-12/h3-5,10,12,16H,2,6-8H2,1H3. The number of halogens is 1. The van der Waals surface area contributed by atoms with Crippen molar-refractivity contribution in [3.63, 3.8) is 0 Å². The maximum Gasteiger partial charge on any atom is 0.409 e. The van der Waals surface area contributed by atoms with Crippen molar-refractivity contribution in [2.24, 2.45) is 0 Å². The molecule has 0 aliphatic carbocycles. The highest BCUT2D eigenvalue weighted by Gasteiger charge is 2.39. The van der Waals surface area contributed by atoms with E-state index in [1.54, 1.807) is 0 Å². The first-order chi connectivity index (χ1) is 9.20. The molecule has 5 heteroatoms. The molecule has 0 spiro atoms. The number of benzene rings is 1. The van der Waals surface area contributed by atoms with Gasteiger partial charge in [0.25, 0.3) is 0 Å². The van der Waals surface area contributed by atoms with Gasteiger partial charge in [0.05, 0.1) is 12.3 Å². The van der Waals surface area contributed by atoms with Gasteiger partial charge in [0.2, 0.25) is 0 Å².